The zero-order chi connectivity index (χ0) is 10.6. The lowest BCUT2D eigenvalue weighted by molar-refractivity contribution is 0.582. The maximum atomic E-state index is 12.3. The molecule has 0 aromatic heterocycles. The third-order valence-electron chi connectivity index (χ3n) is 2.53. The Morgan fingerprint density at radius 2 is 1.71 bits per heavy atom. The Hall–Kier alpha value is -0.990. The van der Waals surface area contributed by atoms with Gasteiger partial charge in [-0.3, -0.25) is 0 Å². The van der Waals surface area contributed by atoms with Gasteiger partial charge in [0.05, 0.1) is 0 Å². The molecule has 0 N–H and O–H groups in total. The molecule has 0 bridgehead atoms. The predicted molar refractivity (Wildman–Crippen MR) is 62.7 cm³/mol. The van der Waals surface area contributed by atoms with Gasteiger partial charge in [-0.1, -0.05) is 31.9 Å². The van der Waals surface area contributed by atoms with E-state index in [0.29, 0.717) is 0 Å². The number of rotatable bonds is 3. The van der Waals surface area contributed by atoms with Gasteiger partial charge in [0.2, 0.25) is 0 Å². The third-order valence-corrected chi connectivity index (χ3v) is 5.81. The molecule has 14 heavy (non-hydrogen) atoms. The summed E-state index contributed by atoms with van der Waals surface area (Å²) in [6, 6.07) is 7.49. The van der Waals surface area contributed by atoms with Crippen LogP contribution < -0.4 is 5.30 Å². The van der Waals surface area contributed by atoms with E-state index >= 15 is 0 Å². The normalized spacial score (nSPS) is 10.9. The molecule has 1 nitrogen and oxygen atoms in total. The van der Waals surface area contributed by atoms with Gasteiger partial charge >= 0.3 is 0 Å². The number of hydrogen-bond acceptors (Lipinski definition) is 1. The highest BCUT2D eigenvalue weighted by Crippen LogP contribution is 2.43. The van der Waals surface area contributed by atoms with Crippen molar-refractivity contribution in [1.29, 1.82) is 0 Å². The molecule has 1 rings (SSSR count). The molecule has 0 saturated heterocycles. The van der Waals surface area contributed by atoms with E-state index < -0.39 is 7.14 Å². The molecule has 1 aromatic carbocycles. The molecular weight excluding hydrogens is 191 g/mol. The molecule has 2 heteroatoms. The smallest absolute Gasteiger partial charge is 0.115 e. The Kier molecular flexibility index (Phi) is 3.55. The van der Waals surface area contributed by atoms with Gasteiger partial charge < -0.3 is 4.57 Å². The van der Waals surface area contributed by atoms with Crippen molar-refractivity contribution >= 4 is 12.4 Å². The van der Waals surface area contributed by atoms with E-state index in [4.69, 9.17) is 6.42 Å². The van der Waals surface area contributed by atoms with Crippen molar-refractivity contribution in [3.63, 3.8) is 0 Å². The number of hydrogen-bond donors (Lipinski definition) is 0. The third kappa shape index (κ3) is 2.08. The average Bonchev–Trinajstić information content (AvgIpc) is 2.28. The quantitative estimate of drug-likeness (QED) is 0.549. The molecule has 0 amide bonds. The zero-order valence-electron chi connectivity index (χ0n) is 8.66. The van der Waals surface area contributed by atoms with Gasteiger partial charge in [0.1, 0.15) is 7.14 Å². The molecule has 0 saturated carbocycles. The van der Waals surface area contributed by atoms with E-state index in [9.17, 15) is 4.57 Å². The van der Waals surface area contributed by atoms with Crippen molar-refractivity contribution in [2.75, 3.05) is 12.3 Å². The van der Waals surface area contributed by atoms with Crippen LogP contribution in [-0.2, 0) is 4.57 Å². The van der Waals surface area contributed by atoms with Gasteiger partial charge in [0.25, 0.3) is 0 Å². The lowest BCUT2D eigenvalue weighted by atomic mass is 10.2. The monoisotopic (exact) mass is 206 g/mol. The van der Waals surface area contributed by atoms with Crippen molar-refractivity contribution in [2.45, 2.75) is 13.8 Å². The SMILES string of the molecule is C#Cc1ccc(P(=O)(CC)CC)cc1. The fourth-order valence-corrected chi connectivity index (χ4v) is 3.29. The largest absolute Gasteiger partial charge is 0.319 e. The first-order valence-corrected chi connectivity index (χ1v) is 6.89. The Balaban J connectivity index is 3.09. The summed E-state index contributed by atoms with van der Waals surface area (Å²) in [7, 11) is -2.13. The highest BCUT2D eigenvalue weighted by atomic mass is 31.2. The van der Waals surface area contributed by atoms with Crippen LogP contribution in [0.3, 0.4) is 0 Å². The topological polar surface area (TPSA) is 17.1 Å². The van der Waals surface area contributed by atoms with E-state index in [1.165, 1.54) is 0 Å². The van der Waals surface area contributed by atoms with Crippen molar-refractivity contribution in [2.24, 2.45) is 0 Å². The molecule has 0 aliphatic rings. The van der Waals surface area contributed by atoms with Gasteiger partial charge in [-0.05, 0) is 12.1 Å². The summed E-state index contributed by atoms with van der Waals surface area (Å²) in [5.41, 5.74) is 0.840. The van der Waals surface area contributed by atoms with Crippen molar-refractivity contribution in [3.05, 3.63) is 29.8 Å². The number of benzene rings is 1. The second-order valence-corrected chi connectivity index (χ2v) is 6.77. The fraction of sp³-hybridized carbons (Fsp3) is 0.333. The van der Waals surface area contributed by atoms with Crippen molar-refractivity contribution in [1.82, 2.24) is 0 Å². The summed E-state index contributed by atoms with van der Waals surface area (Å²) in [5.74, 6) is 2.55. The van der Waals surface area contributed by atoms with Gasteiger partial charge in [-0.15, -0.1) is 6.42 Å². The summed E-state index contributed by atoms with van der Waals surface area (Å²) < 4.78 is 12.3. The Labute approximate surface area is 85.9 Å². The van der Waals surface area contributed by atoms with Crippen LogP contribution in [0.5, 0.6) is 0 Å². The maximum Gasteiger partial charge on any atom is 0.115 e. The van der Waals surface area contributed by atoms with Gasteiger partial charge in [-0.25, -0.2) is 0 Å². The molecule has 0 aliphatic carbocycles. The first-order valence-electron chi connectivity index (χ1n) is 4.81. The van der Waals surface area contributed by atoms with E-state index in [-0.39, 0.29) is 0 Å². The van der Waals surface area contributed by atoms with Crippen LogP contribution >= 0.6 is 7.14 Å². The Bertz CT molecular complexity index is 376. The van der Waals surface area contributed by atoms with E-state index in [1.807, 2.05) is 38.1 Å². The zero-order valence-corrected chi connectivity index (χ0v) is 9.55. The second kappa shape index (κ2) is 4.49. The lowest BCUT2D eigenvalue weighted by Gasteiger charge is -2.14. The van der Waals surface area contributed by atoms with E-state index in [0.717, 1.165) is 23.2 Å². The lowest BCUT2D eigenvalue weighted by Crippen LogP contribution is -2.08. The van der Waals surface area contributed by atoms with Gasteiger partial charge in [-0.2, -0.15) is 0 Å². The van der Waals surface area contributed by atoms with Crippen LogP contribution in [0.25, 0.3) is 0 Å². The molecule has 0 heterocycles. The van der Waals surface area contributed by atoms with Crippen LogP contribution in [0.1, 0.15) is 19.4 Å². The molecule has 0 spiro atoms. The summed E-state index contributed by atoms with van der Waals surface area (Å²) >= 11 is 0. The molecule has 0 aliphatic heterocycles. The second-order valence-electron chi connectivity index (χ2n) is 3.21. The van der Waals surface area contributed by atoms with Crippen LogP contribution in [0.4, 0.5) is 0 Å². The minimum Gasteiger partial charge on any atom is -0.319 e. The average molecular weight is 206 g/mol. The molecule has 74 valence electrons. The van der Waals surface area contributed by atoms with Gasteiger partial charge in [0, 0.05) is 23.2 Å². The summed E-state index contributed by atoms with van der Waals surface area (Å²) in [6.07, 6.45) is 6.70. The predicted octanol–water partition coefficient (Wildman–Crippen LogP) is 2.70. The standard InChI is InChI=1S/C12H15OP/c1-4-11-7-9-12(10-8-11)14(13,5-2)6-3/h1,7-10H,5-6H2,2-3H3. The van der Waals surface area contributed by atoms with Gasteiger partial charge in [0.15, 0.2) is 0 Å². The highest BCUT2D eigenvalue weighted by molar-refractivity contribution is 7.71. The summed E-state index contributed by atoms with van der Waals surface area (Å²) in [6.45, 7) is 3.94. The first-order chi connectivity index (χ1) is 6.66. The number of terminal acetylenes is 1. The van der Waals surface area contributed by atoms with E-state index in [2.05, 4.69) is 5.92 Å². The van der Waals surface area contributed by atoms with Crippen molar-refractivity contribution in [3.8, 4) is 12.3 Å². The summed E-state index contributed by atoms with van der Waals surface area (Å²) in [5, 5.41) is 0.946. The van der Waals surface area contributed by atoms with Crippen LogP contribution in [-0.4, -0.2) is 12.3 Å². The minimum atomic E-state index is -2.13. The summed E-state index contributed by atoms with van der Waals surface area (Å²) in [4.78, 5) is 0. The maximum absolute atomic E-state index is 12.3. The molecular formula is C12H15OP. The Morgan fingerprint density at radius 1 is 1.21 bits per heavy atom. The molecule has 0 radical (unpaired) electrons. The molecule has 1 aromatic rings. The van der Waals surface area contributed by atoms with Crippen LogP contribution in [0.15, 0.2) is 24.3 Å². The van der Waals surface area contributed by atoms with Crippen LogP contribution in [0.2, 0.25) is 0 Å². The molecule has 0 unspecified atom stereocenters. The van der Waals surface area contributed by atoms with E-state index in [1.54, 1.807) is 0 Å². The highest BCUT2D eigenvalue weighted by Gasteiger charge is 2.19. The first kappa shape index (κ1) is 11.1. The van der Waals surface area contributed by atoms with Crippen molar-refractivity contribution < 1.29 is 4.57 Å². The Morgan fingerprint density at radius 3 is 2.07 bits per heavy atom. The minimum absolute atomic E-state index is 0.721. The molecule has 0 fully saturated rings. The van der Waals surface area contributed by atoms with Crippen LogP contribution in [0, 0.1) is 12.3 Å². The molecule has 0 atom stereocenters. The fourth-order valence-electron chi connectivity index (χ4n) is 1.42.